The molecule has 1 N–H and O–H groups in total. The highest BCUT2D eigenvalue weighted by Gasteiger charge is 2.35. The Bertz CT molecular complexity index is 1220. The van der Waals surface area contributed by atoms with E-state index in [9.17, 15) is 16.8 Å². The lowest BCUT2D eigenvalue weighted by Crippen LogP contribution is -2.39. The van der Waals surface area contributed by atoms with Gasteiger partial charge in [-0.3, -0.25) is 0 Å². The number of hydrogen-bond donors (Lipinski definition) is 1. The van der Waals surface area contributed by atoms with Gasteiger partial charge in [-0.1, -0.05) is 32.0 Å². The number of halogens is 1. The second-order valence-corrected chi connectivity index (χ2v) is 11.9. The Morgan fingerprint density at radius 2 is 1.77 bits per heavy atom. The van der Waals surface area contributed by atoms with Crippen LogP contribution in [0.1, 0.15) is 49.3 Å². The molecule has 1 saturated heterocycles. The van der Waals surface area contributed by atoms with Crippen LogP contribution in [0.25, 0.3) is 0 Å². The van der Waals surface area contributed by atoms with Gasteiger partial charge in [-0.15, -0.1) is 0 Å². The number of sulfonamides is 1. The van der Waals surface area contributed by atoms with Gasteiger partial charge in [0.1, 0.15) is 5.82 Å². The normalized spacial score (nSPS) is 19.0. The highest BCUT2D eigenvalue weighted by molar-refractivity contribution is 7.92. The molecular weight excluding hydrogens is 441 g/mol. The van der Waals surface area contributed by atoms with Gasteiger partial charge in [-0.25, -0.2) is 25.9 Å². The molecule has 2 aromatic rings. The van der Waals surface area contributed by atoms with Crippen LogP contribution in [0.3, 0.4) is 0 Å². The van der Waals surface area contributed by atoms with Gasteiger partial charge in [0.25, 0.3) is 0 Å². The van der Waals surface area contributed by atoms with Gasteiger partial charge in [-0.2, -0.15) is 0 Å². The topological polar surface area (TPSA) is 89.5 Å². The molecule has 2 aromatic carbocycles. The van der Waals surface area contributed by atoms with Crippen molar-refractivity contribution in [3.8, 4) is 0 Å². The summed E-state index contributed by atoms with van der Waals surface area (Å²) in [4.78, 5) is -0.453. The van der Waals surface area contributed by atoms with E-state index in [4.69, 9.17) is 4.74 Å². The smallest absolute Gasteiger partial charge is 0.241 e. The summed E-state index contributed by atoms with van der Waals surface area (Å²) in [6.07, 6.45) is 1.57. The van der Waals surface area contributed by atoms with Crippen molar-refractivity contribution >= 4 is 19.9 Å². The third-order valence-corrected chi connectivity index (χ3v) is 9.41. The molecule has 2 aliphatic rings. The first-order valence-corrected chi connectivity index (χ1v) is 13.4. The van der Waals surface area contributed by atoms with Gasteiger partial charge >= 0.3 is 0 Å². The van der Waals surface area contributed by atoms with Crippen molar-refractivity contribution in [2.45, 2.75) is 66.2 Å². The Balaban J connectivity index is 1.92. The van der Waals surface area contributed by atoms with Crippen molar-refractivity contribution in [1.29, 1.82) is 0 Å². The zero-order valence-electron chi connectivity index (χ0n) is 17.5. The molecule has 2 heterocycles. The van der Waals surface area contributed by atoms with Gasteiger partial charge < -0.3 is 4.74 Å². The minimum Gasteiger partial charge on any atom is -0.381 e. The highest BCUT2D eigenvalue weighted by atomic mass is 32.2. The predicted molar refractivity (Wildman–Crippen MR) is 114 cm³/mol. The number of nitrogens with one attached hydrogen (secondary N) is 1. The number of fused-ring (bicyclic) bond motifs is 2. The second kappa shape index (κ2) is 8.27. The molecule has 31 heavy (non-hydrogen) atoms. The van der Waals surface area contributed by atoms with Crippen molar-refractivity contribution < 1.29 is 26.0 Å². The second-order valence-electron chi connectivity index (χ2n) is 8.35. The summed E-state index contributed by atoms with van der Waals surface area (Å²) in [5, 5.41) is 0. The van der Waals surface area contributed by atoms with Crippen molar-refractivity contribution in [3.63, 3.8) is 0 Å². The Morgan fingerprint density at radius 1 is 1.10 bits per heavy atom. The van der Waals surface area contributed by atoms with E-state index in [1.54, 1.807) is 32.0 Å². The van der Waals surface area contributed by atoms with E-state index in [-0.39, 0.29) is 38.3 Å². The molecule has 0 spiro atoms. The predicted octanol–water partition coefficient (Wildman–Crippen LogP) is 3.34. The Kier molecular flexibility index (Phi) is 5.97. The number of hydrogen-bond acceptors (Lipinski definition) is 5. The summed E-state index contributed by atoms with van der Waals surface area (Å²) < 4.78 is 77.1. The summed E-state index contributed by atoms with van der Waals surface area (Å²) in [5.74, 6) is -1.18. The van der Waals surface area contributed by atoms with Crippen LogP contribution < -0.4 is 4.72 Å². The standard InChI is InChI=1S/C22H26FNO5S2/c1-14(2)21-20(31(27,28)24-16-9-11-29-12-10-16)13-19-17(22(21)23)8-7-15-5-3-4-6-18(15)30(19,25)26/h3-6,13-14,16,24H,7-12H2,1-2H3. The SMILES string of the molecule is CC(C)c1c(S(=O)(=O)NC2CCOCC2)cc2c(c1F)CCc1ccccc1S2(=O)=O. The van der Waals surface area contributed by atoms with E-state index in [1.807, 2.05) is 0 Å². The van der Waals surface area contributed by atoms with Gasteiger partial charge in [0.2, 0.25) is 19.9 Å². The van der Waals surface area contributed by atoms with E-state index in [0.717, 1.165) is 6.07 Å². The molecular formula is C22H26FNO5S2. The van der Waals surface area contributed by atoms with Crippen molar-refractivity contribution in [3.05, 3.63) is 52.8 Å². The third-order valence-electron chi connectivity index (χ3n) is 5.93. The fraction of sp³-hybridized carbons (Fsp3) is 0.455. The fourth-order valence-corrected chi connectivity index (χ4v) is 7.91. The first-order chi connectivity index (χ1) is 14.6. The monoisotopic (exact) mass is 467 g/mol. The van der Waals surface area contributed by atoms with Crippen LogP contribution in [0.5, 0.6) is 0 Å². The zero-order chi connectivity index (χ0) is 22.4. The highest BCUT2D eigenvalue weighted by Crippen LogP contribution is 2.39. The first-order valence-electron chi connectivity index (χ1n) is 10.4. The number of sulfone groups is 1. The van der Waals surface area contributed by atoms with Gasteiger partial charge in [-0.05, 0) is 49.3 Å². The average molecular weight is 468 g/mol. The Hall–Kier alpha value is -1.81. The molecule has 6 nitrogen and oxygen atoms in total. The lowest BCUT2D eigenvalue weighted by atomic mass is 9.96. The molecule has 0 saturated carbocycles. The summed E-state index contributed by atoms with van der Waals surface area (Å²) in [6.45, 7) is 4.29. The summed E-state index contributed by atoms with van der Waals surface area (Å²) in [6, 6.07) is 7.39. The van der Waals surface area contributed by atoms with Crippen LogP contribution in [0.2, 0.25) is 0 Å². The molecule has 1 fully saturated rings. The van der Waals surface area contributed by atoms with Gasteiger partial charge in [0, 0.05) is 30.4 Å². The molecule has 0 aromatic heterocycles. The number of ether oxygens (including phenoxy) is 1. The maximum Gasteiger partial charge on any atom is 0.241 e. The maximum absolute atomic E-state index is 15.7. The Morgan fingerprint density at radius 3 is 2.45 bits per heavy atom. The van der Waals surface area contributed by atoms with E-state index < -0.39 is 31.6 Å². The van der Waals surface area contributed by atoms with Gasteiger partial charge in [0.05, 0.1) is 14.7 Å². The van der Waals surface area contributed by atoms with E-state index in [0.29, 0.717) is 38.0 Å². The van der Waals surface area contributed by atoms with E-state index in [2.05, 4.69) is 4.72 Å². The Labute approximate surface area is 182 Å². The number of rotatable bonds is 4. The molecule has 0 radical (unpaired) electrons. The number of benzene rings is 2. The largest absolute Gasteiger partial charge is 0.381 e. The first kappa shape index (κ1) is 22.4. The fourth-order valence-electron chi connectivity index (χ4n) is 4.34. The van der Waals surface area contributed by atoms with Gasteiger partial charge in [0.15, 0.2) is 0 Å². The minimum absolute atomic E-state index is 0.0273. The molecule has 0 amide bonds. The molecule has 0 atom stereocenters. The average Bonchev–Trinajstić information content (AvgIpc) is 2.83. The van der Waals surface area contributed by atoms with Crippen molar-refractivity contribution in [1.82, 2.24) is 4.72 Å². The molecule has 0 aliphatic carbocycles. The van der Waals surface area contributed by atoms with Crippen LogP contribution in [0, 0.1) is 5.82 Å². The molecule has 4 rings (SSSR count). The van der Waals surface area contributed by atoms with Crippen LogP contribution in [0.15, 0.2) is 45.0 Å². The molecule has 9 heteroatoms. The lowest BCUT2D eigenvalue weighted by molar-refractivity contribution is 0.0832. The third kappa shape index (κ3) is 4.04. The number of aryl methyl sites for hydroxylation is 1. The van der Waals surface area contributed by atoms with Crippen molar-refractivity contribution in [2.24, 2.45) is 0 Å². The summed E-state index contributed by atoms with van der Waals surface area (Å²) in [7, 11) is -8.21. The van der Waals surface area contributed by atoms with E-state index >= 15 is 4.39 Å². The molecule has 0 unspecified atom stereocenters. The minimum atomic E-state index is -4.14. The quantitative estimate of drug-likeness (QED) is 0.745. The molecule has 168 valence electrons. The molecule has 2 aliphatic heterocycles. The van der Waals surface area contributed by atoms with Crippen LogP contribution in [-0.4, -0.2) is 36.1 Å². The summed E-state index contributed by atoms with van der Waals surface area (Å²) >= 11 is 0. The molecule has 0 bridgehead atoms. The summed E-state index contributed by atoms with van der Waals surface area (Å²) in [5.41, 5.74) is 0.693. The van der Waals surface area contributed by atoms with Crippen LogP contribution >= 0.6 is 0 Å². The van der Waals surface area contributed by atoms with E-state index in [1.165, 1.54) is 6.07 Å². The van der Waals surface area contributed by atoms with Crippen LogP contribution in [0.4, 0.5) is 4.39 Å². The lowest BCUT2D eigenvalue weighted by Gasteiger charge is -2.25. The van der Waals surface area contributed by atoms with Crippen LogP contribution in [-0.2, 0) is 37.4 Å². The maximum atomic E-state index is 15.7. The van der Waals surface area contributed by atoms with Crippen molar-refractivity contribution in [2.75, 3.05) is 13.2 Å². The zero-order valence-corrected chi connectivity index (χ0v) is 19.2.